The first kappa shape index (κ1) is 16.3. The SMILES string of the molecule is CCN(c1ccc(C)cc1)C1(CN)CCOC(C(C)C)C1. The second-order valence-corrected chi connectivity index (χ2v) is 6.62. The first-order valence-electron chi connectivity index (χ1n) is 8.18. The van der Waals surface area contributed by atoms with Crippen molar-refractivity contribution in [2.24, 2.45) is 11.7 Å². The van der Waals surface area contributed by atoms with Crippen LogP contribution in [0.25, 0.3) is 0 Å². The van der Waals surface area contributed by atoms with E-state index in [4.69, 9.17) is 10.5 Å². The lowest BCUT2D eigenvalue weighted by atomic mass is 9.81. The fourth-order valence-corrected chi connectivity index (χ4v) is 3.42. The van der Waals surface area contributed by atoms with E-state index >= 15 is 0 Å². The summed E-state index contributed by atoms with van der Waals surface area (Å²) in [5.74, 6) is 0.535. The smallest absolute Gasteiger partial charge is 0.0620 e. The molecule has 0 amide bonds. The summed E-state index contributed by atoms with van der Waals surface area (Å²) in [6.45, 7) is 11.3. The van der Waals surface area contributed by atoms with E-state index in [0.717, 1.165) is 26.0 Å². The van der Waals surface area contributed by atoms with Gasteiger partial charge in [0.1, 0.15) is 0 Å². The number of hydrogen-bond acceptors (Lipinski definition) is 3. The Morgan fingerprint density at radius 1 is 1.33 bits per heavy atom. The number of benzene rings is 1. The maximum absolute atomic E-state index is 6.25. The molecule has 1 aromatic carbocycles. The van der Waals surface area contributed by atoms with Crippen LogP contribution in [0.1, 0.15) is 39.2 Å². The van der Waals surface area contributed by atoms with Crippen LogP contribution in [0.4, 0.5) is 5.69 Å². The van der Waals surface area contributed by atoms with Crippen molar-refractivity contribution in [3.8, 4) is 0 Å². The Hall–Kier alpha value is -1.06. The van der Waals surface area contributed by atoms with Crippen molar-refractivity contribution in [1.82, 2.24) is 0 Å². The maximum Gasteiger partial charge on any atom is 0.0620 e. The first-order chi connectivity index (χ1) is 10.0. The van der Waals surface area contributed by atoms with Crippen molar-refractivity contribution >= 4 is 5.69 Å². The van der Waals surface area contributed by atoms with Crippen LogP contribution in [0.3, 0.4) is 0 Å². The number of nitrogens with zero attached hydrogens (tertiary/aromatic N) is 1. The summed E-state index contributed by atoms with van der Waals surface area (Å²) in [5.41, 5.74) is 8.84. The van der Waals surface area contributed by atoms with Gasteiger partial charge in [-0.25, -0.2) is 0 Å². The second kappa shape index (κ2) is 6.80. The predicted octanol–water partition coefficient (Wildman–Crippen LogP) is 3.35. The molecule has 3 heteroatoms. The van der Waals surface area contributed by atoms with Gasteiger partial charge >= 0.3 is 0 Å². The van der Waals surface area contributed by atoms with Gasteiger partial charge in [0.2, 0.25) is 0 Å². The van der Waals surface area contributed by atoms with Crippen molar-refractivity contribution in [2.45, 2.75) is 52.2 Å². The molecule has 0 radical (unpaired) electrons. The molecular formula is C18H30N2O. The Labute approximate surface area is 129 Å². The average Bonchev–Trinajstić information content (AvgIpc) is 2.50. The minimum absolute atomic E-state index is 0.0250. The van der Waals surface area contributed by atoms with Crippen LogP contribution >= 0.6 is 0 Å². The number of nitrogens with two attached hydrogens (primary N) is 1. The molecule has 0 aromatic heterocycles. The number of ether oxygens (including phenoxy) is 1. The molecule has 2 rings (SSSR count). The molecule has 21 heavy (non-hydrogen) atoms. The largest absolute Gasteiger partial charge is 0.378 e. The highest BCUT2D eigenvalue weighted by molar-refractivity contribution is 5.50. The van der Waals surface area contributed by atoms with Gasteiger partial charge in [0.15, 0.2) is 0 Å². The minimum Gasteiger partial charge on any atom is -0.378 e. The molecule has 118 valence electrons. The topological polar surface area (TPSA) is 38.5 Å². The standard InChI is InChI=1S/C18H30N2O/c1-5-20(16-8-6-15(4)7-9-16)18(13-19)10-11-21-17(12-18)14(2)3/h6-9,14,17H,5,10-13,19H2,1-4H3. The molecule has 0 spiro atoms. The molecule has 1 aliphatic heterocycles. The van der Waals surface area contributed by atoms with Crippen molar-refractivity contribution < 1.29 is 4.74 Å². The van der Waals surface area contributed by atoms with Crippen molar-refractivity contribution in [3.63, 3.8) is 0 Å². The van der Waals surface area contributed by atoms with Crippen LogP contribution in [0, 0.1) is 12.8 Å². The zero-order chi connectivity index (χ0) is 15.5. The van der Waals surface area contributed by atoms with Crippen LogP contribution in [0.5, 0.6) is 0 Å². The minimum atomic E-state index is 0.0250. The second-order valence-electron chi connectivity index (χ2n) is 6.62. The number of likely N-dealkylation sites (N-methyl/N-ethyl adjacent to an activating group) is 1. The number of hydrogen-bond donors (Lipinski definition) is 1. The highest BCUT2D eigenvalue weighted by Gasteiger charge is 2.41. The molecule has 0 aliphatic carbocycles. The molecule has 0 bridgehead atoms. The first-order valence-corrected chi connectivity index (χ1v) is 8.18. The fraction of sp³-hybridized carbons (Fsp3) is 0.667. The Morgan fingerprint density at radius 2 is 2.00 bits per heavy atom. The van der Waals surface area contributed by atoms with E-state index in [1.807, 2.05) is 0 Å². The summed E-state index contributed by atoms with van der Waals surface area (Å²) in [6.07, 6.45) is 2.33. The molecule has 1 aliphatic rings. The quantitative estimate of drug-likeness (QED) is 0.903. The molecule has 2 N–H and O–H groups in total. The van der Waals surface area contributed by atoms with Gasteiger partial charge in [0.25, 0.3) is 0 Å². The highest BCUT2D eigenvalue weighted by atomic mass is 16.5. The Kier molecular flexibility index (Phi) is 5.28. The van der Waals surface area contributed by atoms with Crippen LogP contribution in [-0.2, 0) is 4.74 Å². The lowest BCUT2D eigenvalue weighted by Crippen LogP contribution is -2.59. The molecule has 3 nitrogen and oxygen atoms in total. The molecule has 0 saturated carbocycles. The molecular weight excluding hydrogens is 260 g/mol. The lowest BCUT2D eigenvalue weighted by Gasteiger charge is -2.49. The Bertz CT molecular complexity index is 443. The molecule has 2 atom stereocenters. The summed E-state index contributed by atoms with van der Waals surface area (Å²) in [5, 5.41) is 0. The van der Waals surface area contributed by atoms with Crippen molar-refractivity contribution in [1.29, 1.82) is 0 Å². The highest BCUT2D eigenvalue weighted by Crippen LogP contribution is 2.36. The summed E-state index contributed by atoms with van der Waals surface area (Å²) < 4.78 is 5.96. The van der Waals surface area contributed by atoms with Gasteiger partial charge in [-0.1, -0.05) is 31.5 Å². The van der Waals surface area contributed by atoms with E-state index in [1.54, 1.807) is 0 Å². The van der Waals surface area contributed by atoms with Gasteiger partial charge in [0, 0.05) is 25.4 Å². The molecule has 1 saturated heterocycles. The zero-order valence-electron chi connectivity index (χ0n) is 13.9. The number of rotatable bonds is 5. The molecule has 1 heterocycles. The zero-order valence-corrected chi connectivity index (χ0v) is 13.9. The van der Waals surface area contributed by atoms with Crippen molar-refractivity contribution in [2.75, 3.05) is 24.6 Å². The summed E-state index contributed by atoms with van der Waals surface area (Å²) in [4.78, 5) is 2.49. The van der Waals surface area contributed by atoms with Gasteiger partial charge in [-0.15, -0.1) is 0 Å². The third kappa shape index (κ3) is 3.41. The van der Waals surface area contributed by atoms with Crippen molar-refractivity contribution in [3.05, 3.63) is 29.8 Å². The van der Waals surface area contributed by atoms with E-state index in [9.17, 15) is 0 Å². The normalized spacial score (nSPS) is 26.1. The number of aryl methyl sites for hydroxylation is 1. The van der Waals surface area contributed by atoms with Crippen LogP contribution in [0.2, 0.25) is 0 Å². The van der Waals surface area contributed by atoms with Gasteiger partial charge in [-0.2, -0.15) is 0 Å². The monoisotopic (exact) mass is 290 g/mol. The summed E-state index contributed by atoms with van der Waals surface area (Å²) in [6, 6.07) is 8.80. The third-order valence-corrected chi connectivity index (χ3v) is 4.84. The van der Waals surface area contributed by atoms with Gasteiger partial charge in [0.05, 0.1) is 11.6 Å². The fourth-order valence-electron chi connectivity index (χ4n) is 3.42. The third-order valence-electron chi connectivity index (χ3n) is 4.84. The average molecular weight is 290 g/mol. The van der Waals surface area contributed by atoms with E-state index in [0.29, 0.717) is 18.6 Å². The van der Waals surface area contributed by atoms with Crippen LogP contribution in [-0.4, -0.2) is 31.3 Å². The Balaban J connectivity index is 2.29. The van der Waals surface area contributed by atoms with Crippen LogP contribution in [0.15, 0.2) is 24.3 Å². The van der Waals surface area contributed by atoms with E-state index in [-0.39, 0.29) is 5.54 Å². The molecule has 1 fully saturated rings. The van der Waals surface area contributed by atoms with E-state index < -0.39 is 0 Å². The van der Waals surface area contributed by atoms with Gasteiger partial charge in [-0.3, -0.25) is 0 Å². The van der Waals surface area contributed by atoms with Gasteiger partial charge < -0.3 is 15.4 Å². The lowest BCUT2D eigenvalue weighted by molar-refractivity contribution is -0.0420. The van der Waals surface area contributed by atoms with Crippen LogP contribution < -0.4 is 10.6 Å². The molecule has 1 aromatic rings. The molecule has 2 unspecified atom stereocenters. The number of anilines is 1. The summed E-state index contributed by atoms with van der Waals surface area (Å²) >= 11 is 0. The van der Waals surface area contributed by atoms with E-state index in [2.05, 4.69) is 56.9 Å². The summed E-state index contributed by atoms with van der Waals surface area (Å²) in [7, 11) is 0. The van der Waals surface area contributed by atoms with E-state index in [1.165, 1.54) is 11.3 Å². The maximum atomic E-state index is 6.25. The predicted molar refractivity (Wildman–Crippen MR) is 89.8 cm³/mol. The Morgan fingerprint density at radius 3 is 2.52 bits per heavy atom. The van der Waals surface area contributed by atoms with Gasteiger partial charge in [-0.05, 0) is 44.7 Å².